The normalized spacial score (nSPS) is 11.2. The van der Waals surface area contributed by atoms with Crippen molar-refractivity contribution in [1.82, 2.24) is 15.2 Å². The highest BCUT2D eigenvalue weighted by Gasteiger charge is 2.14. The van der Waals surface area contributed by atoms with Crippen molar-refractivity contribution in [3.05, 3.63) is 52.5 Å². The number of hydrogen-bond acceptors (Lipinski definition) is 4. The lowest BCUT2D eigenvalue weighted by Crippen LogP contribution is -2.10. The second-order valence-corrected chi connectivity index (χ2v) is 6.02. The minimum atomic E-state index is -0.324. The average molecular weight is 371 g/mol. The number of amides is 1. The maximum absolute atomic E-state index is 12.4. The molecule has 4 aromatic rings. The fourth-order valence-corrected chi connectivity index (χ4v) is 2.88. The van der Waals surface area contributed by atoms with Gasteiger partial charge in [0.15, 0.2) is 11.4 Å². The fourth-order valence-electron chi connectivity index (χ4n) is 2.42. The Kier molecular flexibility index (Phi) is 3.16. The van der Waals surface area contributed by atoms with Crippen LogP contribution in [-0.4, -0.2) is 21.1 Å². The van der Waals surface area contributed by atoms with Crippen LogP contribution in [-0.2, 0) is 0 Å². The molecule has 23 heavy (non-hydrogen) atoms. The molecule has 2 N–H and O–H groups in total. The predicted molar refractivity (Wildman–Crippen MR) is 90.5 cm³/mol. The van der Waals surface area contributed by atoms with Gasteiger partial charge in [0.2, 0.25) is 0 Å². The Balaban J connectivity index is 1.67. The van der Waals surface area contributed by atoms with Gasteiger partial charge in [0.05, 0.1) is 16.4 Å². The van der Waals surface area contributed by atoms with Gasteiger partial charge in [-0.1, -0.05) is 12.1 Å². The summed E-state index contributed by atoms with van der Waals surface area (Å²) < 4.78 is 6.44. The maximum Gasteiger partial charge on any atom is 0.291 e. The number of fused-ring (bicyclic) bond motifs is 2. The number of hydrogen-bond donors (Lipinski definition) is 2. The number of carbonyl (C=O) groups excluding carboxylic acids is 1. The lowest BCUT2D eigenvalue weighted by atomic mass is 10.2. The number of aromatic amines is 1. The highest BCUT2D eigenvalue weighted by atomic mass is 79.9. The number of H-pyrrole nitrogens is 1. The average Bonchev–Trinajstić information content (AvgIpc) is 3.13. The van der Waals surface area contributed by atoms with Crippen molar-refractivity contribution in [1.29, 1.82) is 0 Å². The van der Waals surface area contributed by atoms with Crippen LogP contribution in [0.25, 0.3) is 22.0 Å². The Bertz CT molecular complexity index is 1050. The largest absolute Gasteiger partial charge is 0.450 e. The lowest BCUT2D eigenvalue weighted by molar-refractivity contribution is 0.0998. The zero-order chi connectivity index (χ0) is 16.0. The molecule has 0 saturated carbocycles. The number of benzene rings is 1. The highest BCUT2D eigenvalue weighted by molar-refractivity contribution is 9.10. The van der Waals surface area contributed by atoms with Gasteiger partial charge in [-0.15, -0.1) is 0 Å². The molecule has 3 heterocycles. The van der Waals surface area contributed by atoms with Crippen molar-refractivity contribution in [2.45, 2.75) is 6.92 Å². The SMILES string of the molecule is Cc1[nH]nc2ncc(NC(=O)c3cc4cccc(Br)c4o3)cc12. The number of nitrogens with one attached hydrogen (secondary N) is 2. The Morgan fingerprint density at radius 1 is 1.35 bits per heavy atom. The molecule has 0 fully saturated rings. The van der Waals surface area contributed by atoms with Crippen molar-refractivity contribution in [3.8, 4) is 0 Å². The Morgan fingerprint density at radius 2 is 2.22 bits per heavy atom. The van der Waals surface area contributed by atoms with Gasteiger partial charge in [-0.25, -0.2) is 4.98 Å². The monoisotopic (exact) mass is 370 g/mol. The molecule has 6 nitrogen and oxygen atoms in total. The third kappa shape index (κ3) is 2.39. The van der Waals surface area contributed by atoms with E-state index in [9.17, 15) is 4.79 Å². The second-order valence-electron chi connectivity index (χ2n) is 5.17. The summed E-state index contributed by atoms with van der Waals surface area (Å²) in [6, 6.07) is 9.20. The van der Waals surface area contributed by atoms with E-state index >= 15 is 0 Å². The van der Waals surface area contributed by atoms with Crippen LogP contribution >= 0.6 is 15.9 Å². The number of aromatic nitrogens is 3. The van der Waals surface area contributed by atoms with Crippen molar-refractivity contribution >= 4 is 49.5 Å². The second kappa shape index (κ2) is 5.20. The van der Waals surface area contributed by atoms with Gasteiger partial charge in [0.1, 0.15) is 5.58 Å². The Labute approximate surface area is 139 Å². The van der Waals surface area contributed by atoms with Crippen LogP contribution in [0.3, 0.4) is 0 Å². The maximum atomic E-state index is 12.4. The predicted octanol–water partition coefficient (Wildman–Crippen LogP) is 4.03. The molecule has 3 aromatic heterocycles. The van der Waals surface area contributed by atoms with Gasteiger partial charge >= 0.3 is 0 Å². The van der Waals surface area contributed by atoms with Crippen LogP contribution in [0.4, 0.5) is 5.69 Å². The summed E-state index contributed by atoms with van der Waals surface area (Å²) in [5, 5.41) is 11.5. The Morgan fingerprint density at radius 3 is 3.04 bits per heavy atom. The summed E-state index contributed by atoms with van der Waals surface area (Å²) in [4.78, 5) is 16.6. The molecule has 0 aliphatic rings. The number of rotatable bonds is 2. The van der Waals surface area contributed by atoms with Crippen LogP contribution < -0.4 is 5.32 Å². The number of para-hydroxylation sites is 1. The van der Waals surface area contributed by atoms with Crippen molar-refractivity contribution in [2.24, 2.45) is 0 Å². The fraction of sp³-hybridized carbons (Fsp3) is 0.0625. The number of anilines is 1. The van der Waals surface area contributed by atoms with Crippen LogP contribution in [0.15, 0.2) is 45.4 Å². The highest BCUT2D eigenvalue weighted by Crippen LogP contribution is 2.27. The zero-order valence-electron chi connectivity index (χ0n) is 12.1. The summed E-state index contributed by atoms with van der Waals surface area (Å²) in [5.41, 5.74) is 2.76. The van der Waals surface area contributed by atoms with Crippen LogP contribution in [0.1, 0.15) is 16.2 Å². The van der Waals surface area contributed by atoms with E-state index < -0.39 is 0 Å². The van der Waals surface area contributed by atoms with E-state index in [0.29, 0.717) is 16.9 Å². The first-order valence-corrected chi connectivity index (χ1v) is 7.71. The standard InChI is InChI=1S/C16H11BrN4O2/c1-8-11-6-10(7-18-15(11)21-20-8)19-16(22)13-5-9-3-2-4-12(17)14(9)23-13/h2-7H,1H3,(H,19,22)(H,18,20,21). The van der Waals surface area contributed by atoms with Gasteiger partial charge in [-0.2, -0.15) is 5.10 Å². The van der Waals surface area contributed by atoms with Crippen molar-refractivity contribution in [2.75, 3.05) is 5.32 Å². The van der Waals surface area contributed by atoms with E-state index in [1.807, 2.05) is 31.2 Å². The molecule has 7 heteroatoms. The van der Waals surface area contributed by atoms with E-state index in [1.54, 1.807) is 12.3 Å². The van der Waals surface area contributed by atoms with Crippen LogP contribution in [0.2, 0.25) is 0 Å². The number of nitrogens with zero attached hydrogens (tertiary/aromatic N) is 2. The zero-order valence-corrected chi connectivity index (χ0v) is 13.6. The van der Waals surface area contributed by atoms with E-state index in [4.69, 9.17) is 4.42 Å². The molecule has 0 atom stereocenters. The van der Waals surface area contributed by atoms with Gasteiger partial charge in [-0.3, -0.25) is 9.89 Å². The van der Waals surface area contributed by atoms with Crippen LogP contribution in [0, 0.1) is 6.92 Å². The molecule has 0 unspecified atom stereocenters. The first-order chi connectivity index (χ1) is 11.1. The van der Waals surface area contributed by atoms with Gasteiger partial charge in [0.25, 0.3) is 5.91 Å². The molecular weight excluding hydrogens is 360 g/mol. The Hall–Kier alpha value is -2.67. The summed E-state index contributed by atoms with van der Waals surface area (Å²) in [7, 11) is 0. The molecule has 0 saturated heterocycles. The minimum Gasteiger partial charge on any atom is -0.450 e. The van der Waals surface area contributed by atoms with E-state index in [0.717, 1.165) is 20.9 Å². The number of halogens is 1. The first-order valence-electron chi connectivity index (χ1n) is 6.92. The summed E-state index contributed by atoms with van der Waals surface area (Å²) >= 11 is 3.41. The molecule has 0 radical (unpaired) electrons. The van der Waals surface area contributed by atoms with Crippen LogP contribution in [0.5, 0.6) is 0 Å². The molecule has 1 aromatic carbocycles. The minimum absolute atomic E-state index is 0.246. The third-order valence-electron chi connectivity index (χ3n) is 3.58. The number of furan rings is 1. The molecule has 0 bridgehead atoms. The van der Waals surface area contributed by atoms with Gasteiger partial charge < -0.3 is 9.73 Å². The third-order valence-corrected chi connectivity index (χ3v) is 4.20. The number of carbonyl (C=O) groups is 1. The molecule has 114 valence electrons. The molecule has 0 spiro atoms. The quantitative estimate of drug-likeness (QED) is 0.557. The molecule has 1 amide bonds. The summed E-state index contributed by atoms with van der Waals surface area (Å²) in [5.74, 6) is -0.0775. The van der Waals surface area contributed by atoms with Crippen molar-refractivity contribution < 1.29 is 9.21 Å². The number of pyridine rings is 1. The topological polar surface area (TPSA) is 83.8 Å². The lowest BCUT2D eigenvalue weighted by Gasteiger charge is -2.02. The van der Waals surface area contributed by atoms with Gasteiger partial charge in [0, 0.05) is 16.5 Å². The smallest absolute Gasteiger partial charge is 0.291 e. The first kappa shape index (κ1) is 14.0. The molecule has 0 aliphatic carbocycles. The number of aryl methyl sites for hydroxylation is 1. The summed E-state index contributed by atoms with van der Waals surface area (Å²) in [6.07, 6.45) is 1.57. The summed E-state index contributed by atoms with van der Waals surface area (Å²) in [6.45, 7) is 1.90. The molecule has 0 aliphatic heterocycles. The molecule has 4 rings (SSSR count). The molecular formula is C16H11BrN4O2. The van der Waals surface area contributed by atoms with E-state index in [2.05, 4.69) is 36.4 Å². The van der Waals surface area contributed by atoms with Gasteiger partial charge in [-0.05, 0) is 41.1 Å². The van der Waals surface area contributed by atoms with E-state index in [1.165, 1.54) is 0 Å². The van der Waals surface area contributed by atoms with Crippen molar-refractivity contribution in [3.63, 3.8) is 0 Å². The van der Waals surface area contributed by atoms with E-state index in [-0.39, 0.29) is 11.7 Å².